The van der Waals surface area contributed by atoms with Gasteiger partial charge in [-0.1, -0.05) is 20.3 Å². The third-order valence-corrected chi connectivity index (χ3v) is 3.74. The lowest BCUT2D eigenvalue weighted by Gasteiger charge is -2.38. The van der Waals surface area contributed by atoms with Crippen molar-refractivity contribution < 1.29 is 9.53 Å². The summed E-state index contributed by atoms with van der Waals surface area (Å²) in [6.45, 7) is 6.96. The molecule has 2 aliphatic rings. The molecule has 2 saturated heterocycles. The summed E-state index contributed by atoms with van der Waals surface area (Å²) in [7, 11) is 0. The summed E-state index contributed by atoms with van der Waals surface area (Å²) in [5.74, 6) is -0.0125. The van der Waals surface area contributed by atoms with E-state index in [1.165, 1.54) is 19.3 Å². The molecule has 0 aromatic carbocycles. The number of hydrogen-bond acceptors (Lipinski definition) is 4. The smallest absolute Gasteiger partial charge is 0.323 e. The van der Waals surface area contributed by atoms with Crippen molar-refractivity contribution in [3.8, 4) is 0 Å². The average Bonchev–Trinajstić information content (AvgIpc) is 2.73. The molecular weight excluding hydrogens is 216 g/mol. The first kappa shape index (κ1) is 12.8. The molecular formula is C13H24N2O2. The van der Waals surface area contributed by atoms with Gasteiger partial charge >= 0.3 is 5.97 Å². The fourth-order valence-electron chi connectivity index (χ4n) is 2.81. The predicted molar refractivity (Wildman–Crippen MR) is 66.8 cm³/mol. The van der Waals surface area contributed by atoms with Gasteiger partial charge in [0.15, 0.2) is 0 Å². The molecule has 4 nitrogen and oxygen atoms in total. The first-order valence-electron chi connectivity index (χ1n) is 6.84. The molecule has 17 heavy (non-hydrogen) atoms. The van der Waals surface area contributed by atoms with Gasteiger partial charge in [-0.3, -0.25) is 9.69 Å². The molecule has 1 N–H and O–H groups in total. The second kappa shape index (κ2) is 5.83. The largest absolute Gasteiger partial charge is 0.464 e. The van der Waals surface area contributed by atoms with E-state index in [2.05, 4.69) is 24.1 Å². The number of hydrogen-bond donors (Lipinski definition) is 1. The number of cyclic esters (lactones) is 1. The molecule has 0 aromatic rings. The minimum Gasteiger partial charge on any atom is -0.464 e. The number of rotatable bonds is 4. The molecule has 0 aromatic heterocycles. The molecule has 2 unspecified atom stereocenters. The summed E-state index contributed by atoms with van der Waals surface area (Å²) < 4.78 is 5.09. The second-order valence-electron chi connectivity index (χ2n) is 5.42. The van der Waals surface area contributed by atoms with Crippen LogP contribution in [0.2, 0.25) is 0 Å². The van der Waals surface area contributed by atoms with Crippen LogP contribution in [0.4, 0.5) is 0 Å². The van der Waals surface area contributed by atoms with Gasteiger partial charge in [0, 0.05) is 25.0 Å². The molecule has 0 spiro atoms. The fraction of sp³-hybridized carbons (Fsp3) is 0.923. The van der Waals surface area contributed by atoms with E-state index < -0.39 is 0 Å². The van der Waals surface area contributed by atoms with Crippen LogP contribution in [0.15, 0.2) is 0 Å². The van der Waals surface area contributed by atoms with Crippen LogP contribution < -0.4 is 5.32 Å². The summed E-state index contributed by atoms with van der Waals surface area (Å²) in [4.78, 5) is 14.0. The van der Waals surface area contributed by atoms with E-state index in [1.54, 1.807) is 0 Å². The van der Waals surface area contributed by atoms with Crippen molar-refractivity contribution >= 4 is 5.97 Å². The van der Waals surface area contributed by atoms with Crippen molar-refractivity contribution in [3.05, 3.63) is 0 Å². The van der Waals surface area contributed by atoms with Gasteiger partial charge in [0.05, 0.1) is 6.61 Å². The Morgan fingerprint density at radius 1 is 1.41 bits per heavy atom. The summed E-state index contributed by atoms with van der Waals surface area (Å²) in [6.07, 6.45) is 4.56. The van der Waals surface area contributed by atoms with Crippen LogP contribution >= 0.6 is 0 Å². The topological polar surface area (TPSA) is 41.6 Å². The third-order valence-electron chi connectivity index (χ3n) is 3.74. The molecule has 0 saturated carbocycles. The maximum Gasteiger partial charge on any atom is 0.323 e. The molecule has 2 aliphatic heterocycles. The molecule has 0 radical (unpaired) electrons. The van der Waals surface area contributed by atoms with Crippen LogP contribution in [0.25, 0.3) is 0 Å². The molecule has 2 rings (SSSR count). The van der Waals surface area contributed by atoms with Crippen molar-refractivity contribution in [1.29, 1.82) is 0 Å². The average molecular weight is 240 g/mol. The molecule has 2 heterocycles. The Kier molecular flexibility index (Phi) is 4.40. The molecule has 2 atom stereocenters. The fourth-order valence-corrected chi connectivity index (χ4v) is 2.81. The van der Waals surface area contributed by atoms with Crippen molar-refractivity contribution in [2.24, 2.45) is 0 Å². The van der Waals surface area contributed by atoms with Gasteiger partial charge in [-0.05, 0) is 19.4 Å². The molecule has 4 heteroatoms. The van der Waals surface area contributed by atoms with Crippen LogP contribution in [0.1, 0.15) is 39.5 Å². The Morgan fingerprint density at radius 2 is 2.24 bits per heavy atom. The summed E-state index contributed by atoms with van der Waals surface area (Å²) >= 11 is 0. The molecule has 0 bridgehead atoms. The van der Waals surface area contributed by atoms with Gasteiger partial charge in [-0.25, -0.2) is 0 Å². The predicted octanol–water partition coefficient (Wildman–Crippen LogP) is 1.15. The van der Waals surface area contributed by atoms with Crippen LogP contribution in [-0.2, 0) is 9.53 Å². The van der Waals surface area contributed by atoms with E-state index in [9.17, 15) is 4.79 Å². The molecule has 0 aliphatic carbocycles. The Hall–Kier alpha value is -0.610. The Labute approximate surface area is 104 Å². The Bertz CT molecular complexity index is 268. The van der Waals surface area contributed by atoms with Crippen molar-refractivity contribution in [3.63, 3.8) is 0 Å². The van der Waals surface area contributed by atoms with Crippen LogP contribution in [-0.4, -0.2) is 48.7 Å². The highest BCUT2D eigenvalue weighted by molar-refractivity contribution is 5.77. The minimum atomic E-state index is -0.0125. The number of carbonyl (C=O) groups is 1. The van der Waals surface area contributed by atoms with Gasteiger partial charge in [0.25, 0.3) is 0 Å². The van der Waals surface area contributed by atoms with Gasteiger partial charge < -0.3 is 10.1 Å². The SMILES string of the molecule is CC(C)NCC1CCCCN1C1CCOC1=O. The maximum absolute atomic E-state index is 11.7. The van der Waals surface area contributed by atoms with Gasteiger partial charge in [-0.15, -0.1) is 0 Å². The lowest BCUT2D eigenvalue weighted by Crippen LogP contribution is -2.52. The monoisotopic (exact) mass is 240 g/mol. The van der Waals surface area contributed by atoms with Crippen molar-refractivity contribution in [1.82, 2.24) is 10.2 Å². The van der Waals surface area contributed by atoms with E-state index in [1.807, 2.05) is 0 Å². The summed E-state index contributed by atoms with van der Waals surface area (Å²) in [5.41, 5.74) is 0. The van der Waals surface area contributed by atoms with E-state index in [0.29, 0.717) is 18.7 Å². The zero-order valence-corrected chi connectivity index (χ0v) is 10.9. The highest BCUT2D eigenvalue weighted by Gasteiger charge is 2.37. The second-order valence-corrected chi connectivity index (χ2v) is 5.42. The zero-order chi connectivity index (χ0) is 12.3. The number of likely N-dealkylation sites (tertiary alicyclic amines) is 1. The van der Waals surface area contributed by atoms with E-state index in [-0.39, 0.29) is 12.0 Å². The number of piperidine rings is 1. The normalized spacial score (nSPS) is 30.9. The number of nitrogens with zero attached hydrogens (tertiary/aromatic N) is 1. The first-order chi connectivity index (χ1) is 8.18. The van der Waals surface area contributed by atoms with Crippen LogP contribution in [0.3, 0.4) is 0 Å². The molecule has 2 fully saturated rings. The van der Waals surface area contributed by atoms with Crippen LogP contribution in [0, 0.1) is 0 Å². The van der Waals surface area contributed by atoms with Gasteiger partial charge in [0.2, 0.25) is 0 Å². The van der Waals surface area contributed by atoms with Crippen molar-refractivity contribution in [2.75, 3.05) is 19.7 Å². The lowest BCUT2D eigenvalue weighted by atomic mass is 9.99. The van der Waals surface area contributed by atoms with Gasteiger partial charge in [0.1, 0.15) is 6.04 Å². The Morgan fingerprint density at radius 3 is 2.88 bits per heavy atom. The zero-order valence-electron chi connectivity index (χ0n) is 10.9. The van der Waals surface area contributed by atoms with Gasteiger partial charge in [-0.2, -0.15) is 0 Å². The number of esters is 1. The summed E-state index contributed by atoms with van der Waals surface area (Å²) in [6, 6.07) is 1.03. The van der Waals surface area contributed by atoms with E-state index in [0.717, 1.165) is 19.5 Å². The third kappa shape index (κ3) is 3.19. The standard InChI is InChI=1S/C13H24N2O2/c1-10(2)14-9-11-5-3-4-7-15(11)12-6-8-17-13(12)16/h10-12,14H,3-9H2,1-2H3. The van der Waals surface area contributed by atoms with Crippen molar-refractivity contribution in [2.45, 2.75) is 57.7 Å². The van der Waals surface area contributed by atoms with Crippen LogP contribution in [0.5, 0.6) is 0 Å². The lowest BCUT2D eigenvalue weighted by molar-refractivity contribution is -0.143. The highest BCUT2D eigenvalue weighted by Crippen LogP contribution is 2.24. The highest BCUT2D eigenvalue weighted by atomic mass is 16.5. The number of ether oxygens (including phenoxy) is 1. The van der Waals surface area contributed by atoms with E-state index in [4.69, 9.17) is 4.74 Å². The summed E-state index contributed by atoms with van der Waals surface area (Å²) in [5, 5.41) is 3.49. The molecule has 98 valence electrons. The first-order valence-corrected chi connectivity index (χ1v) is 6.84. The number of nitrogens with one attached hydrogen (secondary N) is 1. The minimum absolute atomic E-state index is 0.0125. The van der Waals surface area contributed by atoms with E-state index >= 15 is 0 Å². The quantitative estimate of drug-likeness (QED) is 0.749. The molecule has 0 amide bonds. The Balaban J connectivity index is 1.94. The maximum atomic E-state index is 11.7. The number of carbonyl (C=O) groups excluding carboxylic acids is 1.